The summed E-state index contributed by atoms with van der Waals surface area (Å²) >= 11 is 5.02. The third-order valence-corrected chi connectivity index (χ3v) is 4.93. The molecular weight excluding hydrogens is 406 g/mol. The summed E-state index contributed by atoms with van der Waals surface area (Å²) in [4.78, 5) is 37.8. The Bertz CT molecular complexity index is 809. The van der Waals surface area contributed by atoms with E-state index >= 15 is 0 Å². The Kier molecular flexibility index (Phi) is 5.40. The van der Waals surface area contributed by atoms with Gasteiger partial charge in [-0.3, -0.25) is 14.9 Å². The van der Waals surface area contributed by atoms with Gasteiger partial charge < -0.3 is 10.2 Å². The van der Waals surface area contributed by atoms with Gasteiger partial charge in [0.15, 0.2) is 0 Å². The molecule has 1 aliphatic rings. The molecule has 25 heavy (non-hydrogen) atoms. The Morgan fingerprint density at radius 3 is 2.24 bits per heavy atom. The van der Waals surface area contributed by atoms with Crippen LogP contribution in [0.4, 0.5) is 10.5 Å². The van der Waals surface area contributed by atoms with E-state index in [1.165, 1.54) is 0 Å². The first-order chi connectivity index (χ1) is 12.0. The molecule has 8 heteroatoms. The SMILES string of the molecule is O=C1CN(CC(=O)Nc2ccc(Sc3ccc(Br)cc3)cc2)C(=O)N1. The fourth-order valence-electron chi connectivity index (χ4n) is 2.23. The number of rotatable bonds is 5. The maximum Gasteiger partial charge on any atom is 0.325 e. The summed E-state index contributed by atoms with van der Waals surface area (Å²) in [5.74, 6) is -0.745. The van der Waals surface area contributed by atoms with Crippen LogP contribution in [-0.4, -0.2) is 35.8 Å². The lowest BCUT2D eigenvalue weighted by atomic mass is 10.3. The predicted molar refractivity (Wildman–Crippen MR) is 98.4 cm³/mol. The second-order valence-corrected chi connectivity index (χ2v) is 7.40. The van der Waals surface area contributed by atoms with Crippen molar-refractivity contribution >= 4 is 51.2 Å². The summed E-state index contributed by atoms with van der Waals surface area (Å²) in [5, 5.41) is 4.85. The van der Waals surface area contributed by atoms with Crippen molar-refractivity contribution < 1.29 is 14.4 Å². The first-order valence-electron chi connectivity index (χ1n) is 7.42. The number of imide groups is 1. The number of nitrogens with one attached hydrogen (secondary N) is 2. The lowest BCUT2D eigenvalue weighted by Gasteiger charge is -2.13. The number of anilines is 1. The molecule has 4 amide bonds. The molecule has 2 aromatic rings. The summed E-state index contributed by atoms with van der Waals surface area (Å²) in [5.41, 5.74) is 0.635. The van der Waals surface area contributed by atoms with E-state index in [2.05, 4.69) is 26.6 Å². The van der Waals surface area contributed by atoms with E-state index in [0.717, 1.165) is 19.2 Å². The highest BCUT2D eigenvalue weighted by Crippen LogP contribution is 2.29. The van der Waals surface area contributed by atoms with Crippen LogP contribution in [0.2, 0.25) is 0 Å². The van der Waals surface area contributed by atoms with Gasteiger partial charge in [0.05, 0.1) is 0 Å². The molecule has 1 saturated heterocycles. The van der Waals surface area contributed by atoms with Gasteiger partial charge in [0.1, 0.15) is 13.1 Å². The predicted octanol–water partition coefficient (Wildman–Crippen LogP) is 3.09. The van der Waals surface area contributed by atoms with Gasteiger partial charge in [-0.05, 0) is 48.5 Å². The van der Waals surface area contributed by atoms with E-state index in [1.54, 1.807) is 23.9 Å². The van der Waals surface area contributed by atoms with Crippen LogP contribution in [0.3, 0.4) is 0 Å². The van der Waals surface area contributed by atoms with Crippen LogP contribution in [0.15, 0.2) is 62.8 Å². The van der Waals surface area contributed by atoms with Crippen LogP contribution in [-0.2, 0) is 9.59 Å². The number of carbonyl (C=O) groups excluding carboxylic acids is 3. The Morgan fingerprint density at radius 1 is 1.08 bits per heavy atom. The molecule has 2 aromatic carbocycles. The fraction of sp³-hybridized carbons (Fsp3) is 0.118. The first kappa shape index (κ1) is 17.5. The normalized spacial score (nSPS) is 13.7. The van der Waals surface area contributed by atoms with Crippen molar-refractivity contribution in [3.05, 3.63) is 53.0 Å². The molecule has 3 rings (SSSR count). The highest BCUT2D eigenvalue weighted by Gasteiger charge is 2.28. The summed E-state index contributed by atoms with van der Waals surface area (Å²) in [6.07, 6.45) is 0. The van der Waals surface area contributed by atoms with Crippen molar-refractivity contribution in [3.8, 4) is 0 Å². The molecule has 0 saturated carbocycles. The standard InChI is InChI=1S/C17H14BrN3O3S/c18-11-1-5-13(6-2-11)25-14-7-3-12(4-8-14)19-15(22)9-21-10-16(23)20-17(21)24/h1-8H,9-10H2,(H,19,22)(H,20,23,24). The highest BCUT2D eigenvalue weighted by molar-refractivity contribution is 9.10. The van der Waals surface area contributed by atoms with Gasteiger partial charge in [-0.2, -0.15) is 0 Å². The van der Waals surface area contributed by atoms with E-state index < -0.39 is 11.9 Å². The largest absolute Gasteiger partial charge is 0.325 e. The van der Waals surface area contributed by atoms with Crippen molar-refractivity contribution in [1.82, 2.24) is 10.2 Å². The van der Waals surface area contributed by atoms with Crippen LogP contribution < -0.4 is 10.6 Å². The Balaban J connectivity index is 1.55. The van der Waals surface area contributed by atoms with Crippen molar-refractivity contribution in [2.75, 3.05) is 18.4 Å². The minimum Gasteiger partial charge on any atom is -0.325 e. The number of amides is 4. The topological polar surface area (TPSA) is 78.5 Å². The van der Waals surface area contributed by atoms with Crippen LogP contribution in [0, 0.1) is 0 Å². The molecule has 128 valence electrons. The van der Waals surface area contributed by atoms with Crippen LogP contribution in [0.25, 0.3) is 0 Å². The molecule has 0 aromatic heterocycles. The Morgan fingerprint density at radius 2 is 1.68 bits per heavy atom. The number of carbonyl (C=O) groups is 3. The Hall–Kier alpha value is -2.32. The number of halogens is 1. The van der Waals surface area contributed by atoms with Crippen LogP contribution >= 0.6 is 27.7 Å². The first-order valence-corrected chi connectivity index (χ1v) is 9.03. The van der Waals surface area contributed by atoms with Gasteiger partial charge >= 0.3 is 6.03 Å². The summed E-state index contributed by atoms with van der Waals surface area (Å²) in [7, 11) is 0. The van der Waals surface area contributed by atoms with Crippen LogP contribution in [0.1, 0.15) is 0 Å². The van der Waals surface area contributed by atoms with Crippen LogP contribution in [0.5, 0.6) is 0 Å². The molecule has 0 aliphatic carbocycles. The maximum atomic E-state index is 12.0. The zero-order chi connectivity index (χ0) is 17.8. The fourth-order valence-corrected chi connectivity index (χ4v) is 3.31. The summed E-state index contributed by atoms with van der Waals surface area (Å²) in [6.45, 7) is -0.248. The van der Waals surface area contributed by atoms with Gasteiger partial charge in [-0.1, -0.05) is 27.7 Å². The van der Waals surface area contributed by atoms with Gasteiger partial charge in [-0.15, -0.1) is 0 Å². The van der Waals surface area contributed by atoms with Crippen molar-refractivity contribution in [2.45, 2.75) is 9.79 Å². The number of benzene rings is 2. The van der Waals surface area contributed by atoms with E-state index in [4.69, 9.17) is 0 Å². The van der Waals surface area contributed by atoms with Gasteiger partial charge in [0.25, 0.3) is 0 Å². The molecule has 0 atom stereocenters. The molecule has 1 aliphatic heterocycles. The van der Waals surface area contributed by atoms with E-state index in [9.17, 15) is 14.4 Å². The number of hydrogen-bond donors (Lipinski definition) is 2. The van der Waals surface area contributed by atoms with E-state index in [-0.39, 0.29) is 19.0 Å². The third kappa shape index (κ3) is 4.83. The highest BCUT2D eigenvalue weighted by atomic mass is 79.9. The lowest BCUT2D eigenvalue weighted by Crippen LogP contribution is -2.35. The molecule has 1 fully saturated rings. The smallest absolute Gasteiger partial charge is 0.325 e. The second-order valence-electron chi connectivity index (χ2n) is 5.34. The molecule has 2 N–H and O–H groups in total. The molecular formula is C17H14BrN3O3S. The summed E-state index contributed by atoms with van der Waals surface area (Å²) in [6, 6.07) is 14.9. The minimum atomic E-state index is -0.540. The van der Waals surface area contributed by atoms with Gasteiger partial charge in [0.2, 0.25) is 11.8 Å². The average molecular weight is 420 g/mol. The number of hydrogen-bond acceptors (Lipinski definition) is 4. The third-order valence-electron chi connectivity index (χ3n) is 3.39. The Labute approximate surface area is 157 Å². The maximum absolute atomic E-state index is 12.0. The lowest BCUT2D eigenvalue weighted by molar-refractivity contribution is -0.119. The second kappa shape index (κ2) is 7.71. The quantitative estimate of drug-likeness (QED) is 0.729. The van der Waals surface area contributed by atoms with Crippen molar-refractivity contribution in [1.29, 1.82) is 0 Å². The van der Waals surface area contributed by atoms with E-state index in [1.807, 2.05) is 36.4 Å². The molecule has 6 nitrogen and oxygen atoms in total. The molecule has 0 spiro atoms. The average Bonchev–Trinajstić information content (AvgIpc) is 2.89. The molecule has 0 unspecified atom stereocenters. The zero-order valence-electron chi connectivity index (χ0n) is 13.0. The van der Waals surface area contributed by atoms with Gasteiger partial charge in [-0.25, -0.2) is 4.79 Å². The summed E-state index contributed by atoms with van der Waals surface area (Å²) < 4.78 is 1.03. The van der Waals surface area contributed by atoms with Gasteiger partial charge in [0, 0.05) is 20.0 Å². The van der Waals surface area contributed by atoms with E-state index in [0.29, 0.717) is 5.69 Å². The number of urea groups is 1. The number of nitrogens with zero attached hydrogens (tertiary/aromatic N) is 1. The molecule has 0 radical (unpaired) electrons. The molecule has 0 bridgehead atoms. The van der Waals surface area contributed by atoms with Crippen molar-refractivity contribution in [2.24, 2.45) is 0 Å². The minimum absolute atomic E-state index is 0.0883. The molecule has 1 heterocycles. The van der Waals surface area contributed by atoms with Crippen molar-refractivity contribution in [3.63, 3.8) is 0 Å². The monoisotopic (exact) mass is 419 g/mol. The zero-order valence-corrected chi connectivity index (χ0v) is 15.4.